The van der Waals surface area contributed by atoms with Crippen molar-refractivity contribution in [3.05, 3.63) is 0 Å². The van der Waals surface area contributed by atoms with Crippen LogP contribution in [0, 0.1) is 5.92 Å². The molecule has 3 atom stereocenters. The second kappa shape index (κ2) is 6.89. The molecule has 3 unspecified atom stereocenters. The van der Waals surface area contributed by atoms with Gasteiger partial charge in [0.25, 0.3) is 0 Å². The van der Waals surface area contributed by atoms with Crippen LogP contribution in [0.1, 0.15) is 45.4 Å². The van der Waals surface area contributed by atoms with E-state index in [1.165, 1.54) is 19.3 Å². The van der Waals surface area contributed by atoms with E-state index in [4.69, 9.17) is 4.74 Å². The largest absolute Gasteiger partial charge is 0.376 e. The van der Waals surface area contributed by atoms with Gasteiger partial charge in [-0.05, 0) is 25.2 Å². The van der Waals surface area contributed by atoms with Gasteiger partial charge in [-0.3, -0.25) is 9.59 Å². The first-order chi connectivity index (χ1) is 9.16. The maximum Gasteiger partial charge on any atom is 0.242 e. The molecule has 2 rings (SSSR count). The molecule has 0 radical (unpaired) electrons. The highest BCUT2D eigenvalue weighted by Gasteiger charge is 2.27. The van der Waals surface area contributed by atoms with E-state index in [9.17, 15) is 9.59 Å². The molecule has 108 valence electrons. The summed E-state index contributed by atoms with van der Waals surface area (Å²) in [6.07, 6.45) is 6.32. The van der Waals surface area contributed by atoms with Crippen molar-refractivity contribution >= 4 is 11.8 Å². The minimum absolute atomic E-state index is 0.0348. The molecule has 1 aliphatic heterocycles. The summed E-state index contributed by atoms with van der Waals surface area (Å²) in [7, 11) is 0. The standard InChI is InChI=1S/C14H24N2O3/c1-10-4-2-3-5-12(10)19-9-8-15-14(18)11-6-7-13(17)16-11/h10-12H,2-9H2,1H3,(H,15,18)(H,16,17). The Kier molecular flexibility index (Phi) is 5.19. The minimum Gasteiger partial charge on any atom is -0.376 e. The van der Waals surface area contributed by atoms with Crippen LogP contribution in [-0.4, -0.2) is 37.1 Å². The lowest BCUT2D eigenvalue weighted by atomic mass is 9.88. The van der Waals surface area contributed by atoms with Crippen LogP contribution in [0.2, 0.25) is 0 Å². The molecule has 1 saturated heterocycles. The summed E-state index contributed by atoms with van der Waals surface area (Å²) in [5.41, 5.74) is 0. The van der Waals surface area contributed by atoms with Gasteiger partial charge in [0.2, 0.25) is 11.8 Å². The first-order valence-electron chi connectivity index (χ1n) is 7.35. The Morgan fingerprint density at radius 3 is 2.84 bits per heavy atom. The Hall–Kier alpha value is -1.10. The van der Waals surface area contributed by atoms with Crippen molar-refractivity contribution < 1.29 is 14.3 Å². The summed E-state index contributed by atoms with van der Waals surface area (Å²) in [5, 5.41) is 5.48. The van der Waals surface area contributed by atoms with Crippen molar-refractivity contribution in [2.24, 2.45) is 5.92 Å². The van der Waals surface area contributed by atoms with Crippen LogP contribution in [0.4, 0.5) is 0 Å². The van der Waals surface area contributed by atoms with Crippen LogP contribution in [0.15, 0.2) is 0 Å². The number of carbonyl (C=O) groups excluding carboxylic acids is 2. The van der Waals surface area contributed by atoms with Crippen LogP contribution in [0.25, 0.3) is 0 Å². The maximum absolute atomic E-state index is 11.7. The van der Waals surface area contributed by atoms with Crippen molar-refractivity contribution in [2.75, 3.05) is 13.2 Å². The molecule has 2 aliphatic rings. The summed E-state index contributed by atoms with van der Waals surface area (Å²) < 4.78 is 5.83. The molecule has 0 aromatic rings. The zero-order valence-electron chi connectivity index (χ0n) is 11.6. The lowest BCUT2D eigenvalue weighted by Crippen LogP contribution is -2.43. The van der Waals surface area contributed by atoms with E-state index in [0.29, 0.717) is 38.0 Å². The predicted molar refractivity (Wildman–Crippen MR) is 71.5 cm³/mol. The zero-order valence-corrected chi connectivity index (χ0v) is 11.6. The third-order valence-electron chi connectivity index (χ3n) is 4.08. The van der Waals surface area contributed by atoms with Crippen LogP contribution in [-0.2, 0) is 14.3 Å². The normalized spacial score (nSPS) is 31.0. The number of ether oxygens (including phenoxy) is 1. The highest BCUT2D eigenvalue weighted by molar-refractivity contribution is 5.90. The number of amides is 2. The Morgan fingerprint density at radius 1 is 1.37 bits per heavy atom. The molecule has 0 aromatic heterocycles. The van der Waals surface area contributed by atoms with Gasteiger partial charge < -0.3 is 15.4 Å². The molecular weight excluding hydrogens is 244 g/mol. The Bertz CT molecular complexity index is 333. The third-order valence-corrected chi connectivity index (χ3v) is 4.08. The molecular formula is C14H24N2O3. The number of carbonyl (C=O) groups is 2. The summed E-state index contributed by atoms with van der Waals surface area (Å²) in [6, 6.07) is -0.346. The summed E-state index contributed by atoms with van der Waals surface area (Å²) in [4.78, 5) is 22.7. The van der Waals surface area contributed by atoms with Gasteiger partial charge in [0.1, 0.15) is 6.04 Å². The van der Waals surface area contributed by atoms with Gasteiger partial charge in [0.05, 0.1) is 12.7 Å². The molecule has 2 amide bonds. The van der Waals surface area contributed by atoms with Crippen LogP contribution in [0.3, 0.4) is 0 Å². The summed E-state index contributed by atoms with van der Waals surface area (Å²) in [6.45, 7) is 3.31. The lowest BCUT2D eigenvalue weighted by molar-refractivity contribution is -0.126. The Labute approximate surface area is 114 Å². The van der Waals surface area contributed by atoms with Crippen LogP contribution >= 0.6 is 0 Å². The molecule has 1 heterocycles. The van der Waals surface area contributed by atoms with E-state index in [1.807, 2.05) is 0 Å². The molecule has 19 heavy (non-hydrogen) atoms. The second-order valence-corrected chi connectivity index (χ2v) is 5.62. The Balaban J connectivity index is 1.58. The van der Waals surface area contributed by atoms with E-state index in [1.54, 1.807) is 0 Å². The Morgan fingerprint density at radius 2 is 2.16 bits per heavy atom. The fourth-order valence-corrected chi connectivity index (χ4v) is 2.85. The van der Waals surface area contributed by atoms with E-state index < -0.39 is 0 Å². The van der Waals surface area contributed by atoms with Crippen molar-refractivity contribution in [1.29, 1.82) is 0 Å². The maximum atomic E-state index is 11.7. The summed E-state index contributed by atoms with van der Waals surface area (Å²) in [5.74, 6) is 0.497. The third kappa shape index (κ3) is 4.20. The molecule has 1 aliphatic carbocycles. The highest BCUT2D eigenvalue weighted by Crippen LogP contribution is 2.25. The molecule has 5 heteroatoms. The number of nitrogens with one attached hydrogen (secondary N) is 2. The van der Waals surface area contributed by atoms with Gasteiger partial charge in [0, 0.05) is 13.0 Å². The quantitative estimate of drug-likeness (QED) is 0.730. The van der Waals surface area contributed by atoms with E-state index in [2.05, 4.69) is 17.6 Å². The number of hydrogen-bond acceptors (Lipinski definition) is 3. The average molecular weight is 268 g/mol. The van der Waals surface area contributed by atoms with E-state index in [0.717, 1.165) is 6.42 Å². The highest BCUT2D eigenvalue weighted by atomic mass is 16.5. The average Bonchev–Trinajstić information content (AvgIpc) is 2.83. The van der Waals surface area contributed by atoms with Crippen LogP contribution in [0.5, 0.6) is 0 Å². The first-order valence-corrected chi connectivity index (χ1v) is 7.35. The zero-order chi connectivity index (χ0) is 13.7. The molecule has 5 nitrogen and oxygen atoms in total. The molecule has 0 spiro atoms. The molecule has 2 N–H and O–H groups in total. The second-order valence-electron chi connectivity index (χ2n) is 5.62. The van der Waals surface area contributed by atoms with Gasteiger partial charge in [-0.1, -0.05) is 19.8 Å². The summed E-state index contributed by atoms with van der Waals surface area (Å²) >= 11 is 0. The smallest absolute Gasteiger partial charge is 0.242 e. The molecule has 0 bridgehead atoms. The van der Waals surface area contributed by atoms with Crippen molar-refractivity contribution in [3.8, 4) is 0 Å². The van der Waals surface area contributed by atoms with Gasteiger partial charge >= 0.3 is 0 Å². The predicted octanol–water partition coefficient (Wildman–Crippen LogP) is 0.976. The monoisotopic (exact) mass is 268 g/mol. The van der Waals surface area contributed by atoms with E-state index >= 15 is 0 Å². The van der Waals surface area contributed by atoms with E-state index in [-0.39, 0.29) is 17.9 Å². The van der Waals surface area contributed by atoms with Gasteiger partial charge in [-0.2, -0.15) is 0 Å². The van der Waals surface area contributed by atoms with Gasteiger partial charge in [0.15, 0.2) is 0 Å². The molecule has 2 fully saturated rings. The molecule has 0 aromatic carbocycles. The van der Waals surface area contributed by atoms with Crippen molar-refractivity contribution in [2.45, 2.75) is 57.6 Å². The fraction of sp³-hybridized carbons (Fsp3) is 0.857. The first kappa shape index (κ1) is 14.3. The van der Waals surface area contributed by atoms with Crippen LogP contribution < -0.4 is 10.6 Å². The molecule has 1 saturated carbocycles. The topological polar surface area (TPSA) is 67.4 Å². The van der Waals surface area contributed by atoms with Crippen molar-refractivity contribution in [3.63, 3.8) is 0 Å². The van der Waals surface area contributed by atoms with Gasteiger partial charge in [-0.25, -0.2) is 0 Å². The number of rotatable bonds is 5. The SMILES string of the molecule is CC1CCCCC1OCCNC(=O)C1CCC(=O)N1. The van der Waals surface area contributed by atoms with Gasteiger partial charge in [-0.15, -0.1) is 0 Å². The fourth-order valence-electron chi connectivity index (χ4n) is 2.85. The minimum atomic E-state index is -0.346. The van der Waals surface area contributed by atoms with Crippen molar-refractivity contribution in [1.82, 2.24) is 10.6 Å². The lowest BCUT2D eigenvalue weighted by Gasteiger charge is -2.28. The number of hydrogen-bond donors (Lipinski definition) is 2.